The van der Waals surface area contributed by atoms with Crippen LogP contribution in [0.5, 0.6) is 28.7 Å². The molecule has 0 aliphatic carbocycles. The third kappa shape index (κ3) is 4.30. The topological polar surface area (TPSA) is 96.6 Å². The molecule has 0 spiro atoms. The van der Waals surface area contributed by atoms with Crippen LogP contribution in [0.1, 0.15) is 18.5 Å². The zero-order valence-electron chi connectivity index (χ0n) is 19.2. The molecule has 0 radical (unpaired) electrons. The van der Waals surface area contributed by atoms with E-state index < -0.39 is 6.04 Å². The van der Waals surface area contributed by atoms with Crippen LogP contribution < -0.4 is 24.4 Å². The van der Waals surface area contributed by atoms with Crippen LogP contribution in [0.25, 0.3) is 22.3 Å². The van der Waals surface area contributed by atoms with Crippen LogP contribution in [0.4, 0.5) is 0 Å². The highest BCUT2D eigenvalue weighted by molar-refractivity contribution is 5.92. The molecule has 1 unspecified atom stereocenters. The van der Waals surface area contributed by atoms with Crippen molar-refractivity contribution >= 4 is 11.0 Å². The molecule has 8 nitrogen and oxygen atoms in total. The number of hydrogen-bond donors (Lipinski definition) is 0. The first-order valence-electron chi connectivity index (χ1n) is 10.5. The van der Waals surface area contributed by atoms with Crippen LogP contribution in [0.3, 0.4) is 0 Å². The molecule has 0 bridgehead atoms. The van der Waals surface area contributed by atoms with Crippen LogP contribution in [0.15, 0.2) is 75.1 Å². The van der Waals surface area contributed by atoms with Crippen molar-refractivity contribution in [1.82, 2.24) is 0 Å². The molecule has 1 aromatic heterocycles. The van der Waals surface area contributed by atoms with Gasteiger partial charge in [0, 0.05) is 17.7 Å². The van der Waals surface area contributed by atoms with Crippen molar-refractivity contribution in [3.63, 3.8) is 0 Å². The predicted octanol–water partition coefficient (Wildman–Crippen LogP) is 6.11. The number of ether oxygens (including phenoxy) is 4. The van der Waals surface area contributed by atoms with E-state index >= 15 is 0 Å². The summed E-state index contributed by atoms with van der Waals surface area (Å²) in [6, 6.07) is 16.6. The van der Waals surface area contributed by atoms with E-state index in [1.165, 1.54) is 20.3 Å². The van der Waals surface area contributed by atoms with Crippen LogP contribution in [0.2, 0.25) is 0 Å². The van der Waals surface area contributed by atoms with Gasteiger partial charge < -0.3 is 23.4 Å². The van der Waals surface area contributed by atoms with Gasteiger partial charge in [-0.2, -0.15) is 4.91 Å². The number of fused-ring (bicyclic) bond motifs is 1. The zero-order chi connectivity index (χ0) is 24.2. The molecule has 4 aromatic rings. The normalized spacial score (nSPS) is 11.6. The van der Waals surface area contributed by atoms with Crippen LogP contribution in [0, 0.1) is 4.91 Å². The summed E-state index contributed by atoms with van der Waals surface area (Å²) >= 11 is 0. The fourth-order valence-corrected chi connectivity index (χ4v) is 3.56. The highest BCUT2D eigenvalue weighted by Crippen LogP contribution is 2.43. The van der Waals surface area contributed by atoms with E-state index in [9.17, 15) is 9.70 Å². The standard InChI is InChI=1S/C26H23NO7/c1-15(27-29)16-5-11-19(12-6-16)33-25-23(32-4)14-22(31-3)24-20(28)13-21(34-26(24)25)17-7-9-18(30-2)10-8-17/h5-15H,1-4H3. The second kappa shape index (κ2) is 9.66. The summed E-state index contributed by atoms with van der Waals surface area (Å²) in [6.07, 6.45) is 0. The maximum absolute atomic E-state index is 13.1. The Bertz CT molecular complexity index is 1380. The molecule has 0 amide bonds. The molecule has 4 rings (SSSR count). The van der Waals surface area contributed by atoms with Gasteiger partial charge in [0.05, 0.1) is 21.3 Å². The van der Waals surface area contributed by atoms with Gasteiger partial charge in [0.15, 0.2) is 16.8 Å². The zero-order valence-corrected chi connectivity index (χ0v) is 19.2. The van der Waals surface area contributed by atoms with Crippen LogP contribution >= 0.6 is 0 Å². The molecule has 8 heteroatoms. The molecule has 174 valence electrons. The Kier molecular flexibility index (Phi) is 6.49. The van der Waals surface area contributed by atoms with Gasteiger partial charge in [-0.15, -0.1) is 0 Å². The fraction of sp³-hybridized carbons (Fsp3) is 0.192. The van der Waals surface area contributed by atoms with E-state index in [0.29, 0.717) is 34.3 Å². The second-order valence-electron chi connectivity index (χ2n) is 7.47. The molecule has 0 N–H and O–H groups in total. The van der Waals surface area contributed by atoms with Crippen molar-refractivity contribution in [2.75, 3.05) is 21.3 Å². The van der Waals surface area contributed by atoms with E-state index in [1.807, 2.05) is 0 Å². The fourth-order valence-electron chi connectivity index (χ4n) is 3.56. The molecule has 1 heterocycles. The van der Waals surface area contributed by atoms with E-state index in [1.54, 1.807) is 68.6 Å². The Morgan fingerprint density at radius 1 is 0.824 bits per heavy atom. The molecule has 1 atom stereocenters. The van der Waals surface area contributed by atoms with Crippen molar-refractivity contribution in [2.24, 2.45) is 5.18 Å². The lowest BCUT2D eigenvalue weighted by atomic mass is 10.1. The summed E-state index contributed by atoms with van der Waals surface area (Å²) in [6.45, 7) is 1.71. The molecule has 0 aliphatic rings. The lowest BCUT2D eigenvalue weighted by Crippen LogP contribution is -2.05. The van der Waals surface area contributed by atoms with E-state index in [-0.39, 0.29) is 22.1 Å². The first-order valence-corrected chi connectivity index (χ1v) is 10.5. The Morgan fingerprint density at radius 2 is 1.47 bits per heavy atom. The van der Waals surface area contributed by atoms with Gasteiger partial charge in [-0.05, 0) is 48.9 Å². The molecule has 0 fully saturated rings. The lowest BCUT2D eigenvalue weighted by Gasteiger charge is -2.16. The minimum Gasteiger partial charge on any atom is -0.497 e. The van der Waals surface area contributed by atoms with Gasteiger partial charge in [-0.3, -0.25) is 4.79 Å². The number of nitroso groups, excluding NO2 is 1. The van der Waals surface area contributed by atoms with E-state index in [2.05, 4.69) is 5.18 Å². The van der Waals surface area contributed by atoms with Gasteiger partial charge in [0.25, 0.3) is 0 Å². The van der Waals surface area contributed by atoms with Crippen molar-refractivity contribution < 1.29 is 23.4 Å². The smallest absolute Gasteiger partial charge is 0.212 e. The van der Waals surface area contributed by atoms with E-state index in [0.717, 1.165) is 5.56 Å². The Morgan fingerprint density at radius 3 is 2.06 bits per heavy atom. The van der Waals surface area contributed by atoms with Crippen LogP contribution in [-0.4, -0.2) is 21.3 Å². The second-order valence-corrected chi connectivity index (χ2v) is 7.47. The number of nitrogens with zero attached hydrogens (tertiary/aromatic N) is 1. The maximum atomic E-state index is 13.1. The van der Waals surface area contributed by atoms with Crippen molar-refractivity contribution in [3.05, 3.63) is 81.4 Å². The molecule has 0 saturated heterocycles. The number of benzene rings is 3. The lowest BCUT2D eigenvalue weighted by molar-refractivity contribution is 0.368. The summed E-state index contributed by atoms with van der Waals surface area (Å²) in [7, 11) is 4.53. The van der Waals surface area contributed by atoms with Gasteiger partial charge >= 0.3 is 0 Å². The van der Waals surface area contributed by atoms with Crippen LogP contribution in [-0.2, 0) is 0 Å². The largest absolute Gasteiger partial charge is 0.497 e. The average Bonchev–Trinajstić information content (AvgIpc) is 2.88. The number of rotatable bonds is 8. The SMILES string of the molecule is COc1ccc(-c2cc(=O)c3c(OC)cc(OC)c(Oc4ccc(C(C)N=O)cc4)c3o2)cc1. The molecular formula is C26H23NO7. The number of methoxy groups -OCH3 is 3. The molecular weight excluding hydrogens is 438 g/mol. The third-order valence-corrected chi connectivity index (χ3v) is 5.44. The minimum absolute atomic E-state index is 0.182. The summed E-state index contributed by atoms with van der Waals surface area (Å²) in [5.74, 6) is 2.34. The van der Waals surface area contributed by atoms with E-state index in [4.69, 9.17) is 23.4 Å². The highest BCUT2D eigenvalue weighted by Gasteiger charge is 2.22. The summed E-state index contributed by atoms with van der Waals surface area (Å²) < 4.78 is 28.5. The quantitative estimate of drug-likeness (QED) is 0.292. The first kappa shape index (κ1) is 22.8. The number of hydrogen-bond acceptors (Lipinski definition) is 8. The maximum Gasteiger partial charge on any atom is 0.212 e. The summed E-state index contributed by atoms with van der Waals surface area (Å²) in [4.78, 5) is 24.0. The average molecular weight is 461 g/mol. The predicted molar refractivity (Wildman–Crippen MR) is 128 cm³/mol. The molecule has 0 aliphatic heterocycles. The molecule has 34 heavy (non-hydrogen) atoms. The summed E-state index contributed by atoms with van der Waals surface area (Å²) in [5.41, 5.74) is 1.33. The molecule has 3 aromatic carbocycles. The monoisotopic (exact) mass is 461 g/mol. The highest BCUT2D eigenvalue weighted by atomic mass is 16.5. The Hall–Kier alpha value is -4.33. The third-order valence-electron chi connectivity index (χ3n) is 5.44. The van der Waals surface area contributed by atoms with Gasteiger partial charge in [0.1, 0.15) is 34.4 Å². The van der Waals surface area contributed by atoms with Crippen molar-refractivity contribution in [2.45, 2.75) is 13.0 Å². The molecule has 0 saturated carbocycles. The first-order chi connectivity index (χ1) is 16.5. The van der Waals surface area contributed by atoms with Crippen molar-refractivity contribution in [1.29, 1.82) is 0 Å². The van der Waals surface area contributed by atoms with Gasteiger partial charge in [0.2, 0.25) is 5.75 Å². The van der Waals surface area contributed by atoms with Gasteiger partial charge in [-0.1, -0.05) is 17.3 Å². The van der Waals surface area contributed by atoms with Gasteiger partial charge in [-0.25, -0.2) is 0 Å². The Labute approximate surface area is 195 Å². The van der Waals surface area contributed by atoms with Crippen molar-refractivity contribution in [3.8, 4) is 40.1 Å². The summed E-state index contributed by atoms with van der Waals surface area (Å²) in [5, 5.41) is 3.26. The minimum atomic E-state index is -0.476. The Balaban J connectivity index is 1.89.